The number of nitro benzene ring substituents is 1. The van der Waals surface area contributed by atoms with Gasteiger partial charge in [-0.3, -0.25) is 10.1 Å². The Balaban J connectivity index is 2.10. The van der Waals surface area contributed by atoms with Crippen molar-refractivity contribution < 1.29 is 9.31 Å². The van der Waals surface area contributed by atoms with E-state index in [0.29, 0.717) is 5.56 Å². The van der Waals surface area contributed by atoms with Gasteiger partial charge in [-0.1, -0.05) is 23.7 Å². The first kappa shape index (κ1) is 13.2. The predicted octanol–water partition coefficient (Wildman–Crippen LogP) is 3.39. The van der Waals surface area contributed by atoms with Crippen molar-refractivity contribution in [1.29, 1.82) is 0 Å². The van der Waals surface area contributed by atoms with E-state index in [2.05, 4.69) is 10.3 Å². The van der Waals surface area contributed by atoms with Gasteiger partial charge in [0.15, 0.2) is 11.6 Å². The fourth-order valence-corrected chi connectivity index (χ4v) is 1.66. The first-order valence-electron chi connectivity index (χ1n) is 5.34. The smallest absolute Gasteiger partial charge is 0.269 e. The van der Waals surface area contributed by atoms with Crippen molar-refractivity contribution in [2.75, 3.05) is 5.32 Å². The Labute approximate surface area is 113 Å². The molecular weight excluding hydrogens is 273 g/mol. The van der Waals surface area contributed by atoms with Gasteiger partial charge in [0, 0.05) is 24.9 Å². The van der Waals surface area contributed by atoms with Crippen molar-refractivity contribution in [3.05, 3.63) is 63.0 Å². The molecule has 98 valence electrons. The molecule has 0 aliphatic rings. The molecule has 5 nitrogen and oxygen atoms in total. The Morgan fingerprint density at radius 2 is 2.21 bits per heavy atom. The fourth-order valence-electron chi connectivity index (χ4n) is 1.51. The molecule has 19 heavy (non-hydrogen) atoms. The molecule has 1 aromatic heterocycles. The Morgan fingerprint density at radius 1 is 1.42 bits per heavy atom. The second-order valence-corrected chi connectivity index (χ2v) is 4.20. The summed E-state index contributed by atoms with van der Waals surface area (Å²) in [5, 5.41) is 13.6. The highest BCUT2D eigenvalue weighted by Crippen LogP contribution is 2.18. The van der Waals surface area contributed by atoms with Gasteiger partial charge in [-0.25, -0.2) is 9.37 Å². The summed E-state index contributed by atoms with van der Waals surface area (Å²) in [6.45, 7) is 0.229. The summed E-state index contributed by atoms with van der Waals surface area (Å²) >= 11 is 5.58. The summed E-state index contributed by atoms with van der Waals surface area (Å²) in [6.07, 6.45) is 1.32. The number of hydrogen-bond donors (Lipinski definition) is 1. The SMILES string of the molecule is O=[N+]([O-])c1cccc(CNc2ncc(Cl)cc2F)c1. The monoisotopic (exact) mass is 281 g/mol. The minimum atomic E-state index is -0.571. The molecule has 0 saturated carbocycles. The normalized spacial score (nSPS) is 10.2. The van der Waals surface area contributed by atoms with Crippen molar-refractivity contribution in [3.63, 3.8) is 0 Å². The maximum Gasteiger partial charge on any atom is 0.269 e. The maximum atomic E-state index is 13.4. The second kappa shape index (κ2) is 5.62. The van der Waals surface area contributed by atoms with Crippen LogP contribution in [0.15, 0.2) is 36.5 Å². The number of pyridine rings is 1. The van der Waals surface area contributed by atoms with Gasteiger partial charge in [-0.2, -0.15) is 0 Å². The molecular formula is C12H9ClFN3O2. The van der Waals surface area contributed by atoms with Crippen LogP contribution in [0.3, 0.4) is 0 Å². The third-order valence-corrected chi connectivity index (χ3v) is 2.60. The number of non-ortho nitro benzene ring substituents is 1. The van der Waals surface area contributed by atoms with Crippen LogP contribution in [0.2, 0.25) is 5.02 Å². The van der Waals surface area contributed by atoms with E-state index in [1.54, 1.807) is 12.1 Å². The van der Waals surface area contributed by atoms with E-state index in [4.69, 9.17) is 11.6 Å². The highest BCUT2D eigenvalue weighted by atomic mass is 35.5. The number of hydrogen-bond acceptors (Lipinski definition) is 4. The highest BCUT2D eigenvalue weighted by Gasteiger charge is 2.07. The number of nitro groups is 1. The summed E-state index contributed by atoms with van der Waals surface area (Å²) in [6, 6.07) is 7.23. The number of rotatable bonds is 4. The third kappa shape index (κ3) is 3.38. The van der Waals surface area contributed by atoms with Crippen LogP contribution in [0.4, 0.5) is 15.9 Å². The lowest BCUT2D eigenvalue weighted by Gasteiger charge is -2.06. The van der Waals surface area contributed by atoms with Gasteiger partial charge in [-0.05, 0) is 11.6 Å². The van der Waals surface area contributed by atoms with E-state index >= 15 is 0 Å². The van der Waals surface area contributed by atoms with Crippen LogP contribution in [-0.2, 0) is 6.54 Å². The van der Waals surface area contributed by atoms with Crippen molar-refractivity contribution in [1.82, 2.24) is 4.98 Å². The summed E-state index contributed by atoms with van der Waals surface area (Å²) in [5.41, 5.74) is 0.647. The lowest BCUT2D eigenvalue weighted by atomic mass is 10.2. The van der Waals surface area contributed by atoms with Gasteiger partial charge in [0.05, 0.1) is 9.95 Å². The van der Waals surface area contributed by atoms with E-state index in [-0.39, 0.29) is 23.1 Å². The Morgan fingerprint density at radius 3 is 2.89 bits per heavy atom. The van der Waals surface area contributed by atoms with E-state index in [1.807, 2.05) is 0 Å². The molecule has 0 fully saturated rings. The predicted molar refractivity (Wildman–Crippen MR) is 69.6 cm³/mol. The largest absolute Gasteiger partial charge is 0.364 e. The van der Waals surface area contributed by atoms with Crippen LogP contribution in [-0.4, -0.2) is 9.91 Å². The molecule has 1 N–H and O–H groups in total. The summed E-state index contributed by atoms with van der Waals surface area (Å²) < 4.78 is 13.4. The van der Waals surface area contributed by atoms with Crippen LogP contribution in [0, 0.1) is 15.9 Å². The molecule has 1 heterocycles. The van der Waals surface area contributed by atoms with Crippen LogP contribution in [0.25, 0.3) is 0 Å². The lowest BCUT2D eigenvalue weighted by Crippen LogP contribution is -2.03. The zero-order chi connectivity index (χ0) is 13.8. The zero-order valence-electron chi connectivity index (χ0n) is 9.64. The van der Waals surface area contributed by atoms with Crippen molar-refractivity contribution in [3.8, 4) is 0 Å². The van der Waals surface area contributed by atoms with Crippen LogP contribution in [0.5, 0.6) is 0 Å². The Bertz CT molecular complexity index is 622. The summed E-state index contributed by atoms with van der Waals surface area (Å²) in [5.74, 6) is -0.520. The standard InChI is InChI=1S/C12H9ClFN3O2/c13-9-5-11(14)12(16-7-9)15-6-8-2-1-3-10(4-8)17(18)19/h1-5,7H,6H2,(H,15,16). The number of anilines is 1. The Kier molecular flexibility index (Phi) is 3.91. The average molecular weight is 282 g/mol. The minimum absolute atomic E-state index is 0.0103. The molecule has 0 aliphatic heterocycles. The highest BCUT2D eigenvalue weighted by molar-refractivity contribution is 6.30. The van der Waals surface area contributed by atoms with Gasteiger partial charge >= 0.3 is 0 Å². The zero-order valence-corrected chi connectivity index (χ0v) is 10.4. The number of halogens is 2. The molecule has 0 amide bonds. The van der Waals surface area contributed by atoms with Gasteiger partial charge < -0.3 is 5.32 Å². The lowest BCUT2D eigenvalue weighted by molar-refractivity contribution is -0.384. The van der Waals surface area contributed by atoms with Crippen molar-refractivity contribution >= 4 is 23.1 Å². The molecule has 0 bridgehead atoms. The summed E-state index contributed by atoms with van der Waals surface area (Å²) in [7, 11) is 0. The van der Waals surface area contributed by atoms with E-state index in [9.17, 15) is 14.5 Å². The fraction of sp³-hybridized carbons (Fsp3) is 0.0833. The van der Waals surface area contributed by atoms with Crippen LogP contribution < -0.4 is 5.32 Å². The van der Waals surface area contributed by atoms with Crippen molar-refractivity contribution in [2.45, 2.75) is 6.54 Å². The third-order valence-electron chi connectivity index (χ3n) is 2.39. The first-order valence-corrected chi connectivity index (χ1v) is 5.72. The number of nitrogens with one attached hydrogen (secondary N) is 1. The van der Waals surface area contributed by atoms with Gasteiger partial charge in [0.25, 0.3) is 5.69 Å². The minimum Gasteiger partial charge on any atom is -0.364 e. The molecule has 2 rings (SSSR count). The van der Waals surface area contributed by atoms with Gasteiger partial charge in [0.1, 0.15) is 0 Å². The van der Waals surface area contributed by atoms with Gasteiger partial charge in [0.2, 0.25) is 0 Å². The maximum absolute atomic E-state index is 13.4. The molecule has 0 unspecified atom stereocenters. The number of nitrogens with zero attached hydrogens (tertiary/aromatic N) is 2. The van der Waals surface area contributed by atoms with E-state index in [0.717, 1.165) is 6.07 Å². The van der Waals surface area contributed by atoms with E-state index < -0.39 is 10.7 Å². The molecule has 7 heteroatoms. The molecule has 0 atom stereocenters. The Hall–Kier alpha value is -2.21. The molecule has 1 aromatic carbocycles. The van der Waals surface area contributed by atoms with E-state index in [1.165, 1.54) is 18.3 Å². The number of aromatic nitrogens is 1. The van der Waals surface area contributed by atoms with Crippen molar-refractivity contribution in [2.24, 2.45) is 0 Å². The first-order chi connectivity index (χ1) is 9.06. The average Bonchev–Trinajstić information content (AvgIpc) is 2.38. The molecule has 0 spiro atoms. The quantitative estimate of drug-likeness (QED) is 0.689. The summed E-state index contributed by atoms with van der Waals surface area (Å²) in [4.78, 5) is 13.9. The molecule has 2 aromatic rings. The number of benzene rings is 1. The van der Waals surface area contributed by atoms with Crippen LogP contribution in [0.1, 0.15) is 5.56 Å². The molecule has 0 radical (unpaired) electrons. The van der Waals surface area contributed by atoms with Gasteiger partial charge in [-0.15, -0.1) is 0 Å². The molecule has 0 saturated heterocycles. The van der Waals surface area contributed by atoms with Crippen LogP contribution >= 0.6 is 11.6 Å². The molecule has 0 aliphatic carbocycles. The topological polar surface area (TPSA) is 68.1 Å². The second-order valence-electron chi connectivity index (χ2n) is 3.76.